The van der Waals surface area contributed by atoms with Crippen molar-refractivity contribution in [3.8, 4) is 0 Å². The molecule has 3 aliphatic carbocycles. The second-order valence-electron chi connectivity index (χ2n) is 18.3. The van der Waals surface area contributed by atoms with Crippen molar-refractivity contribution in [3.63, 3.8) is 0 Å². The molecule has 68 heavy (non-hydrogen) atoms. The molecule has 1 heterocycles. The van der Waals surface area contributed by atoms with Crippen molar-refractivity contribution in [1.29, 1.82) is 0 Å². The molecule has 4 aromatic carbocycles. The third-order valence-corrected chi connectivity index (χ3v) is 14.3. The maximum atomic E-state index is 15.0. The largest absolute Gasteiger partial charge is 0.509 e. The van der Waals surface area contributed by atoms with Crippen LogP contribution in [0.3, 0.4) is 0 Å². The number of ketones is 1. The minimum absolute atomic E-state index is 0. The van der Waals surface area contributed by atoms with Crippen molar-refractivity contribution in [1.82, 2.24) is 5.32 Å². The van der Waals surface area contributed by atoms with Crippen LogP contribution < -0.4 is 5.32 Å². The quantitative estimate of drug-likeness (QED) is 0.0762. The van der Waals surface area contributed by atoms with Crippen LogP contribution in [0, 0.1) is 105 Å². The number of aliphatic hydroxyl groups excluding tert-OH is 2. The molecule has 0 aromatic heterocycles. The van der Waals surface area contributed by atoms with E-state index in [-0.39, 0.29) is 130 Å². The van der Waals surface area contributed by atoms with Crippen molar-refractivity contribution in [2.24, 2.45) is 16.7 Å². The molecule has 352 valence electrons. The van der Waals surface area contributed by atoms with E-state index in [0.29, 0.717) is 11.1 Å². The minimum Gasteiger partial charge on any atom is -0.455 e. The number of ether oxygens (including phenoxy) is 5. The summed E-state index contributed by atoms with van der Waals surface area (Å²) in [6.45, 7) is 5.40. The zero-order chi connectivity index (χ0) is 47.2. The molecule has 0 spiro atoms. The Kier molecular flexibility index (Phi) is 17.1. The number of carbonyl (C=O) groups excluding carboxylic acids is 5. The summed E-state index contributed by atoms with van der Waals surface area (Å²) in [7, 11) is 0. The molecule has 1 amide bonds. The van der Waals surface area contributed by atoms with Gasteiger partial charge in [-0.2, -0.15) is 0 Å². The Balaban J connectivity index is 0.00000381. The zero-order valence-corrected chi connectivity index (χ0v) is 47.5. The fourth-order valence-corrected chi connectivity index (χ4v) is 10.5. The van der Waals surface area contributed by atoms with Gasteiger partial charge in [0.15, 0.2) is 5.78 Å². The summed E-state index contributed by atoms with van der Waals surface area (Å²) < 4.78 is 29.5. The molecule has 2 radical (unpaired) electrons. The molecule has 2 saturated carbocycles. The predicted molar refractivity (Wildman–Crippen MR) is 234 cm³/mol. The van der Waals surface area contributed by atoms with Crippen molar-refractivity contribution in [3.05, 3.63) is 155 Å². The Hall–Kier alpha value is -3.35. The van der Waals surface area contributed by atoms with Gasteiger partial charge in [-0.25, -0.2) is 14.4 Å². The van der Waals surface area contributed by atoms with Crippen molar-refractivity contribution >= 4 is 29.8 Å². The van der Waals surface area contributed by atoms with Crippen LogP contribution in [-0.4, -0.2) is 105 Å². The Bertz CT molecular complexity index is 2510. The molecule has 8 rings (SSSR count). The summed E-state index contributed by atoms with van der Waals surface area (Å²) in [5.41, 5.74) is -6.71. The first-order valence-electron chi connectivity index (χ1n) is 21.8. The maximum absolute atomic E-state index is 15.0. The van der Waals surface area contributed by atoms with Gasteiger partial charge in [0, 0.05) is 118 Å². The van der Waals surface area contributed by atoms with Gasteiger partial charge in [0.05, 0.1) is 29.8 Å². The fourth-order valence-electron chi connectivity index (χ4n) is 10.5. The predicted octanol–water partition coefficient (Wildman–Crippen LogP) is 4.96. The monoisotopic (exact) mass is 1360 g/mol. The number of benzene rings is 4. The standard InChI is InChI=1S/C51H53NO14.2Ac/c1-29-34(64-46(58)40(65-47(59)62-27-30-17-9-5-10-18-30)38(31-19-11-6-12-20-31)52-44(56)32-21-13-7-14-22-32)26-51(61)43(66-45(57)33-23-15-8-16-24-33)41-49(4,35(53)25-36-50(41,60)28-63-36)42(55)39(54)37(29)48(51,2)3;;/h5-24,34-36,38-41,43,53-54,60-61H,25-28H2,1-4H3,(H,52,56);;/t34?,35?,36?,38?,39?,40?,41?,43?,49-,50?,51?;;/m1../s1. The number of nitrogens with one attached hydrogen (secondary N) is 1. The summed E-state index contributed by atoms with van der Waals surface area (Å²) in [5, 5.41) is 52.9. The van der Waals surface area contributed by atoms with E-state index in [0.717, 1.165) is 0 Å². The first kappa shape index (κ1) is 54.0. The number of aliphatic hydroxyl groups is 4. The average molecular weight is 1360 g/mol. The van der Waals surface area contributed by atoms with Crippen LogP contribution >= 0.6 is 0 Å². The number of hydrogen-bond donors (Lipinski definition) is 5. The van der Waals surface area contributed by atoms with Crippen LogP contribution in [0.25, 0.3) is 0 Å². The number of Topliss-reactive ketones (excluding diaryl/α,β-unsaturated/α-hetero) is 1. The Morgan fingerprint density at radius 3 is 1.93 bits per heavy atom. The van der Waals surface area contributed by atoms with E-state index in [1.165, 1.54) is 26.0 Å². The molecule has 2 bridgehead atoms. The third kappa shape index (κ3) is 9.83. The van der Waals surface area contributed by atoms with Gasteiger partial charge in [-0.1, -0.05) is 111 Å². The van der Waals surface area contributed by atoms with Crippen molar-refractivity contribution in [2.45, 2.75) is 101 Å². The number of carbonyl (C=O) groups is 5. The number of esters is 2. The van der Waals surface area contributed by atoms with Gasteiger partial charge in [0.2, 0.25) is 6.10 Å². The first-order chi connectivity index (χ1) is 31.4. The first-order valence-corrected chi connectivity index (χ1v) is 21.8. The van der Waals surface area contributed by atoms with E-state index >= 15 is 0 Å². The van der Waals surface area contributed by atoms with Gasteiger partial charge >= 0.3 is 18.1 Å². The van der Waals surface area contributed by atoms with Crippen LogP contribution in [0.2, 0.25) is 0 Å². The number of fused-ring (bicyclic) bond motifs is 5. The van der Waals surface area contributed by atoms with Crippen LogP contribution in [0.5, 0.6) is 0 Å². The third-order valence-electron chi connectivity index (χ3n) is 14.3. The van der Waals surface area contributed by atoms with E-state index in [4.69, 9.17) is 23.7 Å². The smallest absolute Gasteiger partial charge is 0.455 e. The molecular formula is C51H53Ac2NO14. The molecule has 11 atom stereocenters. The SMILES string of the molecule is CC1=C2C(O)C(=O)[C@]3(C)C(O)CC4OCC4(O)C3C(OC(=O)c3ccccc3)C(O)(CC1OC(=O)C(OC(=O)OCc1ccccc1)C(NC(=O)c1ccccc1)c1ccccc1)C2(C)C.[Ac].[Ac]. The summed E-state index contributed by atoms with van der Waals surface area (Å²) in [6.07, 6.45) is -11.9. The van der Waals surface area contributed by atoms with E-state index in [1.807, 2.05) is 0 Å². The van der Waals surface area contributed by atoms with Crippen LogP contribution in [0.1, 0.15) is 78.4 Å². The Morgan fingerprint density at radius 1 is 0.794 bits per heavy atom. The van der Waals surface area contributed by atoms with Crippen LogP contribution in [-0.2, 0) is 39.9 Å². The van der Waals surface area contributed by atoms with Gasteiger partial charge in [0.1, 0.15) is 42.2 Å². The van der Waals surface area contributed by atoms with Gasteiger partial charge < -0.3 is 49.4 Å². The average Bonchev–Trinajstić information content (AvgIpc) is 3.32. The van der Waals surface area contributed by atoms with E-state index in [9.17, 15) is 44.4 Å². The number of amides is 1. The summed E-state index contributed by atoms with van der Waals surface area (Å²) in [5.74, 6) is -5.28. The molecular weight excluding hydrogens is 1300 g/mol. The van der Waals surface area contributed by atoms with Crippen molar-refractivity contribution < 1.29 is 156 Å². The number of hydrogen-bond acceptors (Lipinski definition) is 14. The fraction of sp³-hybridized carbons (Fsp3) is 0.392. The number of rotatable bonds is 11. The molecule has 1 saturated heterocycles. The summed E-state index contributed by atoms with van der Waals surface area (Å²) >= 11 is 0. The Labute approximate surface area is 465 Å². The molecule has 17 heteroatoms. The second kappa shape index (κ2) is 21.6. The second-order valence-corrected chi connectivity index (χ2v) is 18.3. The van der Waals surface area contributed by atoms with E-state index in [1.54, 1.807) is 123 Å². The van der Waals surface area contributed by atoms with Gasteiger partial charge in [-0.15, -0.1) is 0 Å². The zero-order valence-electron chi connectivity index (χ0n) is 38.0. The molecule has 10 unspecified atom stereocenters. The molecule has 1 aliphatic heterocycles. The molecule has 3 fully saturated rings. The Morgan fingerprint density at radius 2 is 1.35 bits per heavy atom. The summed E-state index contributed by atoms with van der Waals surface area (Å²) in [4.78, 5) is 71.6. The van der Waals surface area contributed by atoms with Gasteiger partial charge in [-0.05, 0) is 60.4 Å². The summed E-state index contributed by atoms with van der Waals surface area (Å²) in [6, 6.07) is 31.6. The normalized spacial score (nSPS) is 29.7. The molecule has 4 aliphatic rings. The van der Waals surface area contributed by atoms with E-state index < -0.39 is 107 Å². The topological polar surface area (TPSA) is 224 Å². The van der Waals surface area contributed by atoms with Crippen LogP contribution in [0.4, 0.5) is 4.79 Å². The maximum Gasteiger partial charge on any atom is 0.509 e. The minimum atomic E-state index is -2.39. The van der Waals surface area contributed by atoms with E-state index in [2.05, 4.69) is 5.32 Å². The molecule has 15 nitrogen and oxygen atoms in total. The van der Waals surface area contributed by atoms with Crippen LogP contribution in [0.15, 0.2) is 132 Å². The van der Waals surface area contributed by atoms with Gasteiger partial charge in [0.25, 0.3) is 5.91 Å². The van der Waals surface area contributed by atoms with Gasteiger partial charge in [-0.3, -0.25) is 9.59 Å². The van der Waals surface area contributed by atoms with Crippen molar-refractivity contribution in [2.75, 3.05) is 6.61 Å². The molecule has 5 N–H and O–H groups in total. The molecule has 4 aromatic rings.